The van der Waals surface area contributed by atoms with Gasteiger partial charge in [0, 0.05) is 42.5 Å². The summed E-state index contributed by atoms with van der Waals surface area (Å²) >= 11 is 0. The third kappa shape index (κ3) is 15.6. The Morgan fingerprint density at radius 3 is 1.50 bits per heavy atom. The summed E-state index contributed by atoms with van der Waals surface area (Å²) in [5, 5.41) is 46.2. The topological polar surface area (TPSA) is 302 Å². The first-order valence-corrected chi connectivity index (χ1v) is 18.5. The normalized spacial score (nSPS) is 9.59. The van der Waals surface area contributed by atoms with Crippen LogP contribution in [0.25, 0.3) is 45.3 Å². The van der Waals surface area contributed by atoms with Crippen LogP contribution in [-0.4, -0.2) is 78.4 Å². The van der Waals surface area contributed by atoms with Crippen LogP contribution in [0.4, 0.5) is 11.4 Å². The van der Waals surface area contributed by atoms with E-state index < -0.39 is 21.8 Å². The molecule has 330 valence electrons. The zero-order valence-corrected chi connectivity index (χ0v) is 34.1. The van der Waals surface area contributed by atoms with Gasteiger partial charge in [0.25, 0.3) is 11.4 Å². The molecule has 4 aromatic carbocycles. The first-order chi connectivity index (χ1) is 30.2. The molecule has 0 bridgehead atoms. The first-order valence-electron chi connectivity index (χ1n) is 18.5. The highest BCUT2D eigenvalue weighted by molar-refractivity contribution is 5.91. The molecule has 0 aliphatic carbocycles. The van der Waals surface area contributed by atoms with E-state index in [4.69, 9.17) is 22.6 Å². The number of nitrogens with two attached hydrogens (primary N) is 2. The lowest BCUT2D eigenvalue weighted by atomic mass is 10.1. The third-order valence-corrected chi connectivity index (χ3v) is 8.00. The predicted octanol–water partition coefficient (Wildman–Crippen LogP) is 6.59. The van der Waals surface area contributed by atoms with Gasteiger partial charge < -0.3 is 20.9 Å². The summed E-state index contributed by atoms with van der Waals surface area (Å²) in [5.74, 6) is 1.06. The maximum absolute atomic E-state index is 11.6. The molecule has 0 aliphatic heterocycles. The smallest absolute Gasteiger partial charge is 0.337 e. The number of primary amides is 2. The number of hydrogen-bond donors (Lipinski definition) is 2. The predicted molar refractivity (Wildman–Crippen MR) is 235 cm³/mol. The summed E-state index contributed by atoms with van der Waals surface area (Å²) in [6.45, 7) is 1.92. The molecule has 0 radical (unpaired) electrons. The second-order valence-corrected chi connectivity index (χ2v) is 12.4. The average Bonchev–Trinajstić information content (AvgIpc) is 3.31. The SMILES string of the molecule is C.C#CCCC(N)=O.CCCC(N)=O.COC(=O)c1cccc(-c2ccc(-c3ccccc3[N+](=O)[O-])nn2)c1.COC(=O)c1cccc(-c2nnc(-c3ccccc3[N+](=O)[O-])nn2)c1. The number of methoxy groups -OCH3 is 2. The molecule has 0 atom stereocenters. The second-order valence-electron chi connectivity index (χ2n) is 12.4. The van der Waals surface area contributed by atoms with Crippen molar-refractivity contribution < 1.29 is 38.5 Å². The molecule has 2 amide bonds. The number of aromatic nitrogens is 6. The van der Waals surface area contributed by atoms with Gasteiger partial charge in [0.05, 0.1) is 52.1 Å². The van der Waals surface area contributed by atoms with Crippen LogP contribution >= 0.6 is 0 Å². The van der Waals surface area contributed by atoms with Crippen LogP contribution in [0.1, 0.15) is 60.7 Å². The Bertz CT molecular complexity index is 2430. The number of terminal acetylenes is 1. The highest BCUT2D eigenvalue weighted by atomic mass is 16.6. The number of hydrogen-bond acceptors (Lipinski definition) is 16. The van der Waals surface area contributed by atoms with Gasteiger partial charge >= 0.3 is 11.9 Å². The van der Waals surface area contributed by atoms with Crippen LogP contribution in [0.15, 0.2) is 109 Å². The van der Waals surface area contributed by atoms with Crippen molar-refractivity contribution >= 4 is 35.1 Å². The van der Waals surface area contributed by atoms with Crippen LogP contribution in [0.3, 0.4) is 0 Å². The number of amides is 2. The second kappa shape index (κ2) is 26.4. The number of nitro groups is 2. The van der Waals surface area contributed by atoms with Gasteiger partial charge in [0.15, 0.2) is 0 Å². The van der Waals surface area contributed by atoms with Gasteiger partial charge in [0.1, 0.15) is 5.56 Å². The van der Waals surface area contributed by atoms with Crippen molar-refractivity contribution in [3.05, 3.63) is 141 Å². The molecular weight excluding hydrogens is 829 g/mol. The van der Waals surface area contributed by atoms with Gasteiger partial charge in [-0.15, -0.1) is 42.9 Å². The molecule has 6 rings (SSSR count). The largest absolute Gasteiger partial charge is 0.465 e. The number of benzene rings is 4. The number of rotatable bonds is 12. The Hall–Kier alpha value is -8.86. The fourth-order valence-corrected chi connectivity index (χ4v) is 5.02. The number of ether oxygens (including phenoxy) is 2. The Morgan fingerprint density at radius 1 is 0.609 bits per heavy atom. The summed E-state index contributed by atoms with van der Waals surface area (Å²) in [7, 11) is 2.60. The van der Waals surface area contributed by atoms with Crippen molar-refractivity contribution in [2.75, 3.05) is 14.2 Å². The van der Waals surface area contributed by atoms with Gasteiger partial charge in [-0.3, -0.25) is 29.8 Å². The van der Waals surface area contributed by atoms with Crippen molar-refractivity contribution in [1.29, 1.82) is 0 Å². The molecule has 4 N–H and O–H groups in total. The van der Waals surface area contributed by atoms with E-state index in [0.717, 1.165) is 6.42 Å². The summed E-state index contributed by atoms with van der Waals surface area (Å²) < 4.78 is 9.37. The Morgan fingerprint density at radius 2 is 1.06 bits per heavy atom. The molecule has 2 heterocycles. The summed E-state index contributed by atoms with van der Waals surface area (Å²) in [4.78, 5) is 64.1. The van der Waals surface area contributed by atoms with Crippen LogP contribution in [0.2, 0.25) is 0 Å². The highest BCUT2D eigenvalue weighted by Crippen LogP contribution is 2.29. The number of nitro benzene ring substituents is 2. The number of nitrogens with zero attached hydrogens (tertiary/aromatic N) is 8. The highest BCUT2D eigenvalue weighted by Gasteiger charge is 2.19. The van der Waals surface area contributed by atoms with Crippen LogP contribution in [-0.2, 0) is 19.1 Å². The quantitative estimate of drug-likeness (QED) is 0.0566. The van der Waals surface area contributed by atoms with Crippen molar-refractivity contribution in [2.24, 2.45) is 11.5 Å². The molecule has 20 heteroatoms. The molecular formula is C44H44N10O10. The Balaban J connectivity index is 0.000000341. The van der Waals surface area contributed by atoms with E-state index in [1.54, 1.807) is 91.0 Å². The first kappa shape index (κ1) is 51.3. The van der Waals surface area contributed by atoms with Gasteiger partial charge in [-0.1, -0.05) is 62.9 Å². The van der Waals surface area contributed by atoms with E-state index in [-0.39, 0.29) is 47.8 Å². The molecule has 6 aromatic rings. The lowest BCUT2D eigenvalue weighted by Crippen LogP contribution is -2.08. The summed E-state index contributed by atoms with van der Waals surface area (Å²) in [6, 6.07) is 29.1. The lowest BCUT2D eigenvalue weighted by molar-refractivity contribution is -0.384. The third-order valence-electron chi connectivity index (χ3n) is 8.00. The monoisotopic (exact) mass is 872 g/mol. The Kier molecular flexibility index (Phi) is 21.1. The molecule has 0 aliphatic rings. The summed E-state index contributed by atoms with van der Waals surface area (Å²) in [6.07, 6.45) is 6.95. The van der Waals surface area contributed by atoms with Crippen molar-refractivity contribution in [3.8, 4) is 57.6 Å². The Labute approximate surface area is 367 Å². The average molecular weight is 873 g/mol. The minimum Gasteiger partial charge on any atom is -0.465 e. The molecule has 64 heavy (non-hydrogen) atoms. The number of carbonyl (C=O) groups is 4. The van der Waals surface area contributed by atoms with E-state index in [1.807, 2.05) is 6.92 Å². The van der Waals surface area contributed by atoms with Crippen LogP contribution in [0.5, 0.6) is 0 Å². The molecule has 0 saturated carbocycles. The zero-order valence-electron chi connectivity index (χ0n) is 34.1. The molecule has 0 spiro atoms. The maximum Gasteiger partial charge on any atom is 0.337 e. The minimum absolute atomic E-state index is 0. The fraction of sp³-hybridized carbons (Fsp3) is 0.182. The zero-order chi connectivity index (χ0) is 46.3. The minimum atomic E-state index is -0.521. The lowest BCUT2D eigenvalue weighted by Gasteiger charge is -2.05. The van der Waals surface area contributed by atoms with Gasteiger partial charge in [-0.2, -0.15) is 0 Å². The maximum atomic E-state index is 11.6. The fourth-order valence-electron chi connectivity index (χ4n) is 5.02. The number of esters is 2. The van der Waals surface area contributed by atoms with E-state index in [0.29, 0.717) is 58.5 Å². The summed E-state index contributed by atoms with van der Waals surface area (Å²) in [5.41, 5.74) is 12.9. The van der Waals surface area contributed by atoms with E-state index >= 15 is 0 Å². The van der Waals surface area contributed by atoms with Gasteiger partial charge in [0.2, 0.25) is 23.5 Å². The van der Waals surface area contributed by atoms with E-state index in [2.05, 4.69) is 41.2 Å². The van der Waals surface area contributed by atoms with Crippen molar-refractivity contribution in [3.63, 3.8) is 0 Å². The van der Waals surface area contributed by atoms with Crippen molar-refractivity contribution in [1.82, 2.24) is 30.6 Å². The molecule has 0 fully saturated rings. The molecule has 20 nitrogen and oxygen atoms in total. The van der Waals surface area contributed by atoms with E-state index in [9.17, 15) is 39.4 Å². The number of carbonyl (C=O) groups excluding carboxylic acids is 4. The van der Waals surface area contributed by atoms with Gasteiger partial charge in [-0.25, -0.2) is 9.59 Å². The van der Waals surface area contributed by atoms with Crippen molar-refractivity contribution in [2.45, 2.75) is 40.0 Å². The van der Waals surface area contributed by atoms with Crippen LogP contribution < -0.4 is 11.5 Å². The standard InChI is InChI=1S/C18H13N3O4.C16H11N5O4.C5H7NO.C4H9NO.CH4/c1-25-18(22)13-6-4-5-12(11-13)15-9-10-16(20-19-15)14-7-2-3-8-17(14)21(23)24;1-25-16(22)11-6-4-5-10(9-11)14-17-19-15(20-18-14)12-7-2-3-8-13(12)21(23)24;1-2-3-4-5(6)7;1-2-3-4(5)6;/h2-11H,1H3;2-9H,1H3;1H,3-4H2,(H2,6,7);2-3H2,1H3,(H2,5,6);1H4. The van der Waals surface area contributed by atoms with E-state index in [1.165, 1.54) is 32.4 Å². The van der Waals surface area contributed by atoms with Gasteiger partial charge in [-0.05, 0) is 55.0 Å². The molecule has 0 unspecified atom stereocenters. The number of para-hydroxylation sites is 2. The molecule has 2 aromatic heterocycles. The van der Waals surface area contributed by atoms with Crippen LogP contribution in [0, 0.1) is 32.6 Å². The molecule has 0 saturated heterocycles.